The van der Waals surface area contributed by atoms with Gasteiger partial charge in [-0.25, -0.2) is 23.5 Å². The second kappa shape index (κ2) is 6.08. The van der Waals surface area contributed by atoms with Crippen molar-refractivity contribution in [2.45, 2.75) is 29.9 Å². The first-order chi connectivity index (χ1) is 9.93. The lowest BCUT2D eigenvalue weighted by molar-refractivity contribution is 0.0695. The molecule has 0 aliphatic heterocycles. The fourth-order valence-corrected chi connectivity index (χ4v) is 2.55. The van der Waals surface area contributed by atoms with Gasteiger partial charge in [-0.2, -0.15) is 0 Å². The molecule has 1 heterocycles. The van der Waals surface area contributed by atoms with Crippen LogP contribution in [0.4, 0.5) is 8.78 Å². The molecule has 0 radical (unpaired) electrons. The van der Waals surface area contributed by atoms with Crippen LogP contribution >= 0.6 is 11.8 Å². The van der Waals surface area contributed by atoms with E-state index < -0.39 is 33.8 Å². The summed E-state index contributed by atoms with van der Waals surface area (Å²) in [6, 6.07) is 1.45. The molecule has 6 nitrogen and oxygen atoms in total. The number of carboxylic acid groups (broad SMARTS) is 1. The molecule has 0 aliphatic rings. The number of H-pyrrole nitrogens is 1. The first kappa shape index (κ1) is 15.2. The standard InChI is InChI=1S/C12H11F2N3O3S/c1-2-3-17-11(20)15-16-12(17)21-9-7(13)4-6(10(18)19)5-8(9)14/h4-5H,2-3H2,1H3,(H,15,20)(H,18,19). The third-order valence-corrected chi connectivity index (χ3v) is 3.70. The molecule has 2 aromatic rings. The maximum atomic E-state index is 13.8. The van der Waals surface area contributed by atoms with Crippen LogP contribution in [0.3, 0.4) is 0 Å². The van der Waals surface area contributed by atoms with Gasteiger partial charge in [0.15, 0.2) is 5.16 Å². The van der Waals surface area contributed by atoms with Gasteiger partial charge in [0.1, 0.15) is 11.6 Å². The number of hydrogen-bond acceptors (Lipinski definition) is 4. The quantitative estimate of drug-likeness (QED) is 0.882. The molecule has 0 aliphatic carbocycles. The lowest BCUT2D eigenvalue weighted by atomic mass is 10.2. The summed E-state index contributed by atoms with van der Waals surface area (Å²) in [5.74, 6) is -3.46. The minimum Gasteiger partial charge on any atom is -0.478 e. The summed E-state index contributed by atoms with van der Waals surface area (Å²) in [5.41, 5.74) is -0.954. The van der Waals surface area contributed by atoms with Gasteiger partial charge in [-0.1, -0.05) is 6.92 Å². The molecule has 2 N–H and O–H groups in total. The summed E-state index contributed by atoms with van der Waals surface area (Å²) >= 11 is 0.626. The summed E-state index contributed by atoms with van der Waals surface area (Å²) < 4.78 is 28.9. The van der Waals surface area contributed by atoms with E-state index in [-0.39, 0.29) is 5.16 Å². The van der Waals surface area contributed by atoms with Gasteiger partial charge in [-0.15, -0.1) is 5.10 Å². The van der Waals surface area contributed by atoms with E-state index in [9.17, 15) is 18.4 Å². The fourth-order valence-electron chi connectivity index (χ4n) is 1.67. The van der Waals surface area contributed by atoms with Crippen molar-refractivity contribution in [2.24, 2.45) is 0 Å². The molecule has 1 aromatic heterocycles. The summed E-state index contributed by atoms with van der Waals surface area (Å²) in [5, 5.41) is 14.8. The molecular weight excluding hydrogens is 304 g/mol. The van der Waals surface area contributed by atoms with E-state index in [4.69, 9.17) is 5.11 Å². The summed E-state index contributed by atoms with van der Waals surface area (Å²) in [6.07, 6.45) is 0.649. The molecule has 21 heavy (non-hydrogen) atoms. The van der Waals surface area contributed by atoms with E-state index in [1.165, 1.54) is 4.57 Å². The van der Waals surface area contributed by atoms with Gasteiger partial charge in [-0.3, -0.25) is 4.57 Å². The van der Waals surface area contributed by atoms with Crippen molar-refractivity contribution >= 4 is 17.7 Å². The van der Waals surface area contributed by atoms with Gasteiger partial charge in [0.2, 0.25) is 0 Å². The smallest absolute Gasteiger partial charge is 0.343 e. The van der Waals surface area contributed by atoms with E-state index in [0.717, 1.165) is 12.1 Å². The molecular formula is C12H11F2N3O3S. The Labute approximate surface area is 121 Å². The largest absolute Gasteiger partial charge is 0.478 e. The average molecular weight is 315 g/mol. The highest BCUT2D eigenvalue weighted by atomic mass is 32.2. The zero-order chi connectivity index (χ0) is 15.6. The number of aromatic carboxylic acids is 1. The van der Waals surface area contributed by atoms with E-state index in [0.29, 0.717) is 24.7 Å². The first-order valence-corrected chi connectivity index (χ1v) is 6.81. The molecule has 9 heteroatoms. The van der Waals surface area contributed by atoms with E-state index in [2.05, 4.69) is 10.2 Å². The number of nitrogens with one attached hydrogen (secondary N) is 1. The third kappa shape index (κ3) is 3.13. The van der Waals surface area contributed by atoms with Crippen LogP contribution in [0.1, 0.15) is 23.7 Å². The van der Waals surface area contributed by atoms with Crippen LogP contribution in [0.2, 0.25) is 0 Å². The highest BCUT2D eigenvalue weighted by Gasteiger charge is 2.18. The molecule has 0 spiro atoms. The lowest BCUT2D eigenvalue weighted by Gasteiger charge is -2.06. The van der Waals surface area contributed by atoms with Crippen LogP contribution in [0.25, 0.3) is 0 Å². The van der Waals surface area contributed by atoms with Gasteiger partial charge in [0, 0.05) is 6.54 Å². The molecule has 0 amide bonds. The maximum Gasteiger partial charge on any atom is 0.343 e. The van der Waals surface area contributed by atoms with Crippen molar-refractivity contribution in [3.8, 4) is 0 Å². The van der Waals surface area contributed by atoms with Gasteiger partial charge < -0.3 is 5.11 Å². The Morgan fingerprint density at radius 2 is 2.05 bits per heavy atom. The minimum atomic E-state index is -1.42. The number of aromatic amines is 1. The predicted octanol–water partition coefficient (Wildman–Crippen LogP) is 2.11. The van der Waals surface area contributed by atoms with Crippen LogP contribution in [0, 0.1) is 11.6 Å². The first-order valence-electron chi connectivity index (χ1n) is 5.99. The second-order valence-electron chi connectivity index (χ2n) is 4.14. The zero-order valence-corrected chi connectivity index (χ0v) is 11.7. The van der Waals surface area contributed by atoms with Crippen molar-refractivity contribution in [2.75, 3.05) is 0 Å². The van der Waals surface area contributed by atoms with Crippen LogP contribution in [-0.4, -0.2) is 25.8 Å². The van der Waals surface area contributed by atoms with E-state index in [1.54, 1.807) is 0 Å². The van der Waals surface area contributed by atoms with Gasteiger partial charge in [0.25, 0.3) is 0 Å². The molecule has 0 saturated carbocycles. The van der Waals surface area contributed by atoms with Crippen LogP contribution in [0.15, 0.2) is 27.0 Å². The predicted molar refractivity (Wildman–Crippen MR) is 70.6 cm³/mol. The fraction of sp³-hybridized carbons (Fsp3) is 0.250. The Balaban J connectivity index is 2.41. The number of nitrogens with zero attached hydrogens (tertiary/aromatic N) is 2. The molecule has 0 bridgehead atoms. The maximum absolute atomic E-state index is 13.8. The average Bonchev–Trinajstić information content (AvgIpc) is 2.75. The van der Waals surface area contributed by atoms with Crippen LogP contribution < -0.4 is 5.69 Å². The summed E-state index contributed by atoms with van der Waals surface area (Å²) in [6.45, 7) is 2.20. The number of carbonyl (C=O) groups is 1. The monoisotopic (exact) mass is 315 g/mol. The SMILES string of the molecule is CCCn1c(Sc2c(F)cc(C(=O)O)cc2F)n[nH]c1=O. The summed E-state index contributed by atoms with van der Waals surface area (Å²) in [4.78, 5) is 21.8. The van der Waals surface area contributed by atoms with Crippen molar-refractivity contribution in [3.63, 3.8) is 0 Å². The molecule has 0 saturated heterocycles. The Morgan fingerprint density at radius 1 is 1.43 bits per heavy atom. The summed E-state index contributed by atoms with van der Waals surface area (Å²) in [7, 11) is 0. The number of carboxylic acids is 1. The number of aromatic nitrogens is 3. The van der Waals surface area contributed by atoms with Gasteiger partial charge in [0.05, 0.1) is 10.5 Å². The van der Waals surface area contributed by atoms with E-state index >= 15 is 0 Å². The molecule has 0 unspecified atom stereocenters. The van der Waals surface area contributed by atoms with E-state index in [1.807, 2.05) is 6.92 Å². The van der Waals surface area contributed by atoms with Crippen LogP contribution in [0.5, 0.6) is 0 Å². The topological polar surface area (TPSA) is 88.0 Å². The second-order valence-corrected chi connectivity index (χ2v) is 5.12. The van der Waals surface area contributed by atoms with Crippen molar-refractivity contribution in [1.82, 2.24) is 14.8 Å². The van der Waals surface area contributed by atoms with Crippen molar-refractivity contribution < 1.29 is 18.7 Å². The molecule has 112 valence electrons. The Kier molecular flexibility index (Phi) is 4.41. The van der Waals surface area contributed by atoms with Crippen LogP contribution in [-0.2, 0) is 6.54 Å². The molecule has 0 atom stereocenters. The number of halogens is 2. The molecule has 1 aromatic carbocycles. The number of rotatable bonds is 5. The Hall–Kier alpha value is -2.16. The molecule has 0 fully saturated rings. The zero-order valence-electron chi connectivity index (χ0n) is 10.9. The lowest BCUT2D eigenvalue weighted by Crippen LogP contribution is -2.17. The minimum absolute atomic E-state index is 0.114. The third-order valence-electron chi connectivity index (χ3n) is 2.61. The normalized spacial score (nSPS) is 10.8. The van der Waals surface area contributed by atoms with Crippen molar-refractivity contribution in [1.29, 1.82) is 0 Å². The van der Waals surface area contributed by atoms with Gasteiger partial charge >= 0.3 is 11.7 Å². The number of benzene rings is 1. The Morgan fingerprint density at radius 3 is 2.57 bits per heavy atom. The highest BCUT2D eigenvalue weighted by molar-refractivity contribution is 7.99. The van der Waals surface area contributed by atoms with Crippen molar-refractivity contribution in [3.05, 3.63) is 39.8 Å². The highest BCUT2D eigenvalue weighted by Crippen LogP contribution is 2.31. The van der Waals surface area contributed by atoms with Gasteiger partial charge in [-0.05, 0) is 30.3 Å². The Bertz CT molecular complexity index is 719. The number of hydrogen-bond donors (Lipinski definition) is 2. The molecule has 2 rings (SSSR count).